The van der Waals surface area contributed by atoms with Gasteiger partial charge in [-0.25, -0.2) is 4.39 Å². The third-order valence-electron chi connectivity index (χ3n) is 4.19. The maximum atomic E-state index is 13.6. The number of benzene rings is 1. The molecule has 0 aromatic heterocycles. The van der Waals surface area contributed by atoms with Gasteiger partial charge in [0.1, 0.15) is 5.82 Å². The Morgan fingerprint density at radius 1 is 1.47 bits per heavy atom. The molecule has 2 unspecified atom stereocenters. The van der Waals surface area contributed by atoms with Crippen molar-refractivity contribution in [3.05, 3.63) is 29.6 Å². The Bertz CT molecular complexity index is 459. The summed E-state index contributed by atoms with van der Waals surface area (Å²) >= 11 is 1.98. The number of halogens is 1. The second kappa shape index (κ2) is 5.33. The Kier molecular flexibility index (Phi) is 3.72. The van der Waals surface area contributed by atoms with Crippen molar-refractivity contribution >= 4 is 17.4 Å². The number of nitrogens with one attached hydrogen (secondary N) is 1. The minimum Gasteiger partial charge on any atom is -0.382 e. The van der Waals surface area contributed by atoms with Crippen LogP contribution in [-0.4, -0.2) is 29.8 Å². The van der Waals surface area contributed by atoms with Gasteiger partial charge in [-0.05, 0) is 44.1 Å². The second-order valence-corrected chi connectivity index (χ2v) is 6.69. The third-order valence-corrected chi connectivity index (χ3v) is 5.41. The molecule has 1 spiro atoms. The van der Waals surface area contributed by atoms with E-state index in [9.17, 15) is 4.39 Å². The monoisotopic (exact) mass is 281 g/mol. The van der Waals surface area contributed by atoms with Gasteiger partial charge in [-0.1, -0.05) is 6.07 Å². The van der Waals surface area contributed by atoms with Gasteiger partial charge in [0.2, 0.25) is 0 Å². The van der Waals surface area contributed by atoms with E-state index in [-0.39, 0.29) is 11.4 Å². The Balaban J connectivity index is 1.71. The summed E-state index contributed by atoms with van der Waals surface area (Å²) in [6.07, 6.45) is 3.19. The standard InChI is InChI=1S/C15H20FNOS/c1-11-13(16)3-2-4-14(11)17-12-5-7-18-15(9-12)6-8-19-10-15/h2-4,12,17H,5-10H2,1H3. The van der Waals surface area contributed by atoms with Crippen LogP contribution in [0.4, 0.5) is 10.1 Å². The van der Waals surface area contributed by atoms with E-state index in [4.69, 9.17) is 4.74 Å². The first kappa shape index (κ1) is 13.3. The first-order valence-electron chi connectivity index (χ1n) is 6.92. The SMILES string of the molecule is Cc1c(F)cccc1NC1CCOC2(CCSC2)C1. The molecule has 0 bridgehead atoms. The molecule has 0 saturated carbocycles. The second-order valence-electron chi connectivity index (χ2n) is 5.58. The first-order chi connectivity index (χ1) is 9.19. The molecule has 1 aromatic carbocycles. The van der Waals surface area contributed by atoms with Crippen molar-refractivity contribution in [3.63, 3.8) is 0 Å². The highest BCUT2D eigenvalue weighted by molar-refractivity contribution is 7.99. The Morgan fingerprint density at radius 3 is 3.16 bits per heavy atom. The van der Waals surface area contributed by atoms with Crippen LogP contribution in [0.3, 0.4) is 0 Å². The van der Waals surface area contributed by atoms with Crippen molar-refractivity contribution in [2.75, 3.05) is 23.4 Å². The average Bonchev–Trinajstić information content (AvgIpc) is 2.83. The molecule has 2 atom stereocenters. The van der Waals surface area contributed by atoms with Crippen LogP contribution in [0.2, 0.25) is 0 Å². The summed E-state index contributed by atoms with van der Waals surface area (Å²) in [5.41, 5.74) is 1.71. The Labute approximate surface area is 118 Å². The van der Waals surface area contributed by atoms with Gasteiger partial charge >= 0.3 is 0 Å². The first-order valence-corrected chi connectivity index (χ1v) is 8.07. The zero-order valence-corrected chi connectivity index (χ0v) is 12.1. The molecule has 0 amide bonds. The van der Waals surface area contributed by atoms with Crippen molar-refractivity contribution in [2.45, 2.75) is 37.8 Å². The minimum atomic E-state index is -0.136. The Hall–Kier alpha value is -0.740. The number of hydrogen-bond donors (Lipinski definition) is 1. The summed E-state index contributed by atoms with van der Waals surface area (Å²) < 4.78 is 19.6. The molecule has 2 fully saturated rings. The zero-order chi connectivity index (χ0) is 13.3. The van der Waals surface area contributed by atoms with E-state index in [0.29, 0.717) is 11.6 Å². The molecular formula is C15H20FNOS. The van der Waals surface area contributed by atoms with Gasteiger partial charge in [0.15, 0.2) is 0 Å². The van der Waals surface area contributed by atoms with Crippen molar-refractivity contribution in [1.29, 1.82) is 0 Å². The molecule has 104 valence electrons. The molecule has 2 heterocycles. The van der Waals surface area contributed by atoms with Crippen molar-refractivity contribution in [2.24, 2.45) is 0 Å². The Morgan fingerprint density at radius 2 is 2.37 bits per heavy atom. The van der Waals surface area contributed by atoms with E-state index < -0.39 is 0 Å². The normalized spacial score (nSPS) is 30.7. The van der Waals surface area contributed by atoms with E-state index >= 15 is 0 Å². The van der Waals surface area contributed by atoms with E-state index in [0.717, 1.165) is 37.3 Å². The van der Waals surface area contributed by atoms with Crippen LogP contribution < -0.4 is 5.32 Å². The molecule has 2 nitrogen and oxygen atoms in total. The van der Waals surface area contributed by atoms with E-state index in [1.807, 2.05) is 24.8 Å². The van der Waals surface area contributed by atoms with Crippen LogP contribution in [0.15, 0.2) is 18.2 Å². The van der Waals surface area contributed by atoms with Gasteiger partial charge in [0.25, 0.3) is 0 Å². The van der Waals surface area contributed by atoms with Crippen molar-refractivity contribution < 1.29 is 9.13 Å². The predicted octanol–water partition coefficient (Wildman–Crippen LogP) is 3.60. The van der Waals surface area contributed by atoms with E-state index in [1.54, 1.807) is 6.07 Å². The molecule has 2 saturated heterocycles. The lowest BCUT2D eigenvalue weighted by molar-refractivity contribution is -0.0628. The van der Waals surface area contributed by atoms with Crippen molar-refractivity contribution in [3.8, 4) is 0 Å². The van der Waals surface area contributed by atoms with Gasteiger partial charge < -0.3 is 10.1 Å². The molecule has 1 N–H and O–H groups in total. The summed E-state index contributed by atoms with van der Waals surface area (Å²) in [6, 6.07) is 5.64. The van der Waals surface area contributed by atoms with Gasteiger partial charge in [0.05, 0.1) is 5.60 Å². The highest BCUT2D eigenvalue weighted by atomic mass is 32.2. The third kappa shape index (κ3) is 2.75. The molecular weight excluding hydrogens is 261 g/mol. The molecule has 4 heteroatoms. The molecule has 2 aliphatic rings. The number of hydrogen-bond acceptors (Lipinski definition) is 3. The summed E-state index contributed by atoms with van der Waals surface area (Å²) in [4.78, 5) is 0. The topological polar surface area (TPSA) is 21.3 Å². The summed E-state index contributed by atoms with van der Waals surface area (Å²) in [5.74, 6) is 2.17. The molecule has 2 aliphatic heterocycles. The average molecular weight is 281 g/mol. The van der Waals surface area contributed by atoms with Crippen LogP contribution >= 0.6 is 11.8 Å². The quantitative estimate of drug-likeness (QED) is 0.895. The largest absolute Gasteiger partial charge is 0.382 e. The maximum absolute atomic E-state index is 13.6. The molecule has 19 heavy (non-hydrogen) atoms. The van der Waals surface area contributed by atoms with Crippen LogP contribution in [-0.2, 0) is 4.74 Å². The lowest BCUT2D eigenvalue weighted by atomic mass is 9.89. The van der Waals surface area contributed by atoms with Gasteiger partial charge in [-0.15, -0.1) is 0 Å². The molecule has 0 aliphatic carbocycles. The van der Waals surface area contributed by atoms with Gasteiger partial charge in [-0.2, -0.15) is 11.8 Å². The van der Waals surface area contributed by atoms with Crippen LogP contribution in [0, 0.1) is 12.7 Å². The smallest absolute Gasteiger partial charge is 0.128 e. The van der Waals surface area contributed by atoms with Gasteiger partial charge in [0, 0.05) is 29.7 Å². The van der Waals surface area contributed by atoms with Crippen LogP contribution in [0.5, 0.6) is 0 Å². The fraction of sp³-hybridized carbons (Fsp3) is 0.600. The lowest BCUT2D eigenvalue weighted by Crippen LogP contribution is -2.44. The van der Waals surface area contributed by atoms with E-state index in [2.05, 4.69) is 5.32 Å². The highest BCUT2D eigenvalue weighted by Gasteiger charge is 2.40. The summed E-state index contributed by atoms with van der Waals surface area (Å²) in [5, 5.41) is 3.51. The fourth-order valence-electron chi connectivity index (χ4n) is 3.00. The fourth-order valence-corrected chi connectivity index (χ4v) is 4.38. The van der Waals surface area contributed by atoms with Gasteiger partial charge in [-0.3, -0.25) is 0 Å². The highest BCUT2D eigenvalue weighted by Crippen LogP contribution is 2.39. The lowest BCUT2D eigenvalue weighted by Gasteiger charge is -2.38. The zero-order valence-electron chi connectivity index (χ0n) is 11.2. The minimum absolute atomic E-state index is 0.0712. The number of thioether (sulfide) groups is 1. The maximum Gasteiger partial charge on any atom is 0.128 e. The van der Waals surface area contributed by atoms with Crippen LogP contribution in [0.1, 0.15) is 24.8 Å². The molecule has 1 aromatic rings. The molecule has 0 radical (unpaired) electrons. The number of anilines is 1. The summed E-state index contributed by atoms with van der Waals surface area (Å²) in [7, 11) is 0. The van der Waals surface area contributed by atoms with Crippen molar-refractivity contribution in [1.82, 2.24) is 0 Å². The van der Waals surface area contributed by atoms with Crippen LogP contribution in [0.25, 0.3) is 0 Å². The summed E-state index contributed by atoms with van der Waals surface area (Å²) in [6.45, 7) is 2.64. The van der Waals surface area contributed by atoms with E-state index in [1.165, 1.54) is 11.8 Å². The predicted molar refractivity (Wildman–Crippen MR) is 78.4 cm³/mol. The molecule has 3 rings (SSSR count). The number of rotatable bonds is 2. The number of ether oxygens (including phenoxy) is 1.